The molecular weight excluding hydrogens is 442 g/mol. The van der Waals surface area contributed by atoms with Crippen LogP contribution >= 0.6 is 0 Å². The van der Waals surface area contributed by atoms with Crippen molar-refractivity contribution in [3.05, 3.63) is 52.3 Å². The quantitative estimate of drug-likeness (QED) is 0.333. The molecule has 35 heavy (non-hydrogen) atoms. The van der Waals surface area contributed by atoms with Crippen molar-refractivity contribution in [3.8, 4) is 0 Å². The topological polar surface area (TPSA) is 107 Å². The number of ether oxygens (including phenoxy) is 1. The van der Waals surface area contributed by atoms with Crippen molar-refractivity contribution in [1.29, 1.82) is 5.41 Å². The van der Waals surface area contributed by atoms with Crippen molar-refractivity contribution in [1.82, 2.24) is 10.2 Å². The Kier molecular flexibility index (Phi) is 8.20. The molecule has 0 saturated carbocycles. The van der Waals surface area contributed by atoms with E-state index in [1.807, 2.05) is 45.9 Å². The molecule has 2 atom stereocenters. The van der Waals surface area contributed by atoms with Gasteiger partial charge in [0.1, 0.15) is 17.6 Å². The average Bonchev–Trinajstić information content (AvgIpc) is 3.34. The summed E-state index contributed by atoms with van der Waals surface area (Å²) in [5, 5.41) is 11.3. The molecule has 0 aromatic rings. The summed E-state index contributed by atoms with van der Waals surface area (Å²) in [6.45, 7) is 10.3. The maximum atomic E-state index is 13.0. The first-order valence-corrected chi connectivity index (χ1v) is 11.9. The van der Waals surface area contributed by atoms with Crippen LogP contribution in [0.2, 0.25) is 0 Å². The highest BCUT2D eigenvalue weighted by Crippen LogP contribution is 2.31. The second kappa shape index (κ2) is 10.9. The van der Waals surface area contributed by atoms with Crippen molar-refractivity contribution in [2.45, 2.75) is 59.7 Å². The van der Waals surface area contributed by atoms with Gasteiger partial charge in [0.25, 0.3) is 5.91 Å². The third-order valence-electron chi connectivity index (χ3n) is 6.26. The number of likely N-dealkylation sites (tertiary alicyclic amines) is 1. The minimum absolute atomic E-state index is 0.000449. The summed E-state index contributed by atoms with van der Waals surface area (Å²) in [6.07, 6.45) is 10.5. The van der Waals surface area contributed by atoms with Gasteiger partial charge in [0.05, 0.1) is 6.61 Å². The number of amides is 2. The Labute approximate surface area is 207 Å². The molecular formula is C27H35N5O3. The van der Waals surface area contributed by atoms with E-state index in [1.54, 1.807) is 7.05 Å². The number of amidine groups is 1. The minimum Gasteiger partial charge on any atom is -0.346 e. The Morgan fingerprint density at radius 1 is 1.46 bits per heavy atom. The van der Waals surface area contributed by atoms with Gasteiger partial charge in [-0.3, -0.25) is 24.9 Å². The largest absolute Gasteiger partial charge is 0.346 e. The number of aliphatic imine (C=N–C) groups is 2. The standard InChI is InChI=1S/C27H35N5O3/c1-7-8-18(3)20-13-17(2)9-10-19(14-20)25-31-22(16-35-25)24(33)30-21(15-29-6)23(28)32-12-11-27(4,5)26(32)34/h8-10,14-15,21,25,28H,7,11-12,16H2,1-6H3,(H,30,33). The first-order chi connectivity index (χ1) is 16.6. The number of rotatable bonds is 7. The van der Waals surface area contributed by atoms with Gasteiger partial charge in [-0.2, -0.15) is 0 Å². The molecule has 1 fully saturated rings. The SMILES string of the molecule is CCC=C(C)C1=C=C(C)C=CC(C2N=C(C(=O)NC(C=NC)C(=N)N3CCC(C)(C)C3=O)CO2)=C1. The zero-order valence-electron chi connectivity index (χ0n) is 21.4. The first kappa shape index (κ1) is 26.3. The Morgan fingerprint density at radius 2 is 2.20 bits per heavy atom. The third-order valence-corrected chi connectivity index (χ3v) is 6.26. The zero-order chi connectivity index (χ0) is 25.8. The average molecular weight is 478 g/mol. The molecule has 0 radical (unpaired) electrons. The fourth-order valence-electron chi connectivity index (χ4n) is 4.09. The zero-order valence-corrected chi connectivity index (χ0v) is 21.4. The highest BCUT2D eigenvalue weighted by molar-refractivity contribution is 6.40. The third kappa shape index (κ3) is 6.02. The Hall–Kier alpha value is -3.35. The van der Waals surface area contributed by atoms with Gasteiger partial charge in [-0.05, 0) is 43.9 Å². The Bertz CT molecular complexity index is 1130. The van der Waals surface area contributed by atoms with E-state index in [9.17, 15) is 9.59 Å². The lowest BCUT2D eigenvalue weighted by molar-refractivity contribution is -0.131. The van der Waals surface area contributed by atoms with Gasteiger partial charge in [-0.15, -0.1) is 5.73 Å². The molecule has 2 N–H and O–H groups in total. The van der Waals surface area contributed by atoms with Crippen LogP contribution in [0.1, 0.15) is 47.5 Å². The number of allylic oxidation sites excluding steroid dienone is 5. The van der Waals surface area contributed by atoms with Gasteiger partial charge in [-0.25, -0.2) is 4.99 Å². The van der Waals surface area contributed by atoms with Crippen molar-refractivity contribution in [2.24, 2.45) is 15.4 Å². The molecule has 1 aliphatic carbocycles. The maximum absolute atomic E-state index is 13.0. The van der Waals surface area contributed by atoms with E-state index in [2.05, 4.69) is 34.0 Å². The maximum Gasteiger partial charge on any atom is 0.268 e. The lowest BCUT2D eigenvalue weighted by atomic mass is 9.92. The molecule has 2 unspecified atom stereocenters. The van der Waals surface area contributed by atoms with Crippen molar-refractivity contribution < 1.29 is 14.3 Å². The van der Waals surface area contributed by atoms with Crippen molar-refractivity contribution >= 4 is 29.6 Å². The van der Waals surface area contributed by atoms with Crippen LogP contribution in [0.5, 0.6) is 0 Å². The van der Waals surface area contributed by atoms with Gasteiger partial charge >= 0.3 is 0 Å². The van der Waals surface area contributed by atoms with Gasteiger partial charge in [-0.1, -0.05) is 39.0 Å². The van der Waals surface area contributed by atoms with Crippen molar-refractivity contribution in [2.75, 3.05) is 20.2 Å². The lowest BCUT2D eigenvalue weighted by Crippen LogP contribution is -2.52. The summed E-state index contributed by atoms with van der Waals surface area (Å²) in [6, 6.07) is -0.840. The first-order valence-electron chi connectivity index (χ1n) is 11.9. The predicted molar refractivity (Wildman–Crippen MR) is 139 cm³/mol. The smallest absolute Gasteiger partial charge is 0.268 e. The number of nitrogens with one attached hydrogen (secondary N) is 2. The summed E-state index contributed by atoms with van der Waals surface area (Å²) < 4.78 is 5.85. The van der Waals surface area contributed by atoms with Gasteiger partial charge in [0, 0.05) is 36.4 Å². The van der Waals surface area contributed by atoms with Crippen LogP contribution in [0.15, 0.2) is 62.3 Å². The van der Waals surface area contributed by atoms with Crippen molar-refractivity contribution in [3.63, 3.8) is 0 Å². The van der Waals surface area contributed by atoms with Gasteiger partial charge < -0.3 is 10.1 Å². The molecule has 2 aliphatic heterocycles. The molecule has 0 spiro atoms. The minimum atomic E-state index is -0.840. The summed E-state index contributed by atoms with van der Waals surface area (Å²) in [7, 11) is 1.56. The monoisotopic (exact) mass is 477 g/mol. The van der Waals surface area contributed by atoms with Crippen LogP contribution < -0.4 is 5.32 Å². The fourth-order valence-corrected chi connectivity index (χ4v) is 4.09. The van der Waals surface area contributed by atoms with E-state index in [0.29, 0.717) is 13.0 Å². The van der Waals surface area contributed by atoms with Crippen LogP contribution in [0, 0.1) is 10.8 Å². The Morgan fingerprint density at radius 3 is 2.83 bits per heavy atom. The van der Waals surface area contributed by atoms with E-state index in [0.717, 1.165) is 28.7 Å². The molecule has 8 heteroatoms. The number of hydrogen-bond acceptors (Lipinski definition) is 6. The molecule has 186 valence electrons. The Balaban J connectivity index is 1.76. The van der Waals surface area contributed by atoms with Gasteiger partial charge in [0.15, 0.2) is 6.23 Å². The van der Waals surface area contributed by atoms with E-state index >= 15 is 0 Å². The molecule has 1 saturated heterocycles. The number of carbonyl (C=O) groups excluding carboxylic acids is 2. The number of carbonyl (C=O) groups is 2. The number of nitrogens with zero attached hydrogens (tertiary/aromatic N) is 3. The fraction of sp³-hybridized carbons (Fsp3) is 0.481. The molecule has 2 heterocycles. The summed E-state index contributed by atoms with van der Waals surface area (Å²) in [4.78, 5) is 35.6. The van der Waals surface area contributed by atoms with Crippen LogP contribution in [-0.4, -0.2) is 66.9 Å². The lowest BCUT2D eigenvalue weighted by Gasteiger charge is -2.24. The highest BCUT2D eigenvalue weighted by Gasteiger charge is 2.42. The summed E-state index contributed by atoms with van der Waals surface area (Å²) in [5.41, 5.74) is 7.01. The van der Waals surface area contributed by atoms with E-state index in [-0.39, 0.29) is 24.1 Å². The van der Waals surface area contributed by atoms with Crippen LogP contribution in [-0.2, 0) is 14.3 Å². The van der Waals surface area contributed by atoms with Gasteiger partial charge in [0.2, 0.25) is 5.91 Å². The molecule has 3 rings (SSSR count). The van der Waals surface area contributed by atoms with Crippen LogP contribution in [0.4, 0.5) is 0 Å². The van der Waals surface area contributed by atoms with E-state index < -0.39 is 23.6 Å². The highest BCUT2D eigenvalue weighted by atomic mass is 16.5. The van der Waals surface area contributed by atoms with Crippen LogP contribution in [0.3, 0.4) is 0 Å². The summed E-state index contributed by atoms with van der Waals surface area (Å²) >= 11 is 0. The molecule has 3 aliphatic rings. The molecule has 2 amide bonds. The second-order valence-corrected chi connectivity index (χ2v) is 9.57. The molecule has 0 bridgehead atoms. The second-order valence-electron chi connectivity index (χ2n) is 9.57. The van der Waals surface area contributed by atoms with E-state index in [1.165, 1.54) is 11.1 Å². The molecule has 8 nitrogen and oxygen atoms in total. The predicted octanol–water partition coefficient (Wildman–Crippen LogP) is 3.53. The molecule has 0 aromatic carbocycles. The molecule has 0 aromatic heterocycles. The van der Waals surface area contributed by atoms with Crippen LogP contribution in [0.25, 0.3) is 0 Å². The normalized spacial score (nSPS) is 23.0. The van der Waals surface area contributed by atoms with E-state index in [4.69, 9.17) is 10.1 Å². The summed E-state index contributed by atoms with van der Waals surface area (Å²) in [5.74, 6) is -0.571. The number of hydrogen-bond donors (Lipinski definition) is 2.